The largest absolute Gasteiger partial charge is 0.601 e. The van der Waals surface area contributed by atoms with E-state index in [-0.39, 0.29) is 42.8 Å². The maximum atomic E-state index is 8.66. The normalized spacial score (nSPS) is 28.0. The maximum Gasteiger partial charge on any atom is 0.346 e. The Bertz CT molecular complexity index is 549. The summed E-state index contributed by atoms with van der Waals surface area (Å²) in [6, 6.07) is 1.12. The molecular weight excluding hydrogens is 493 g/mol. The molecule has 0 spiro atoms. The van der Waals surface area contributed by atoms with Crippen LogP contribution >= 0.6 is 0 Å². The van der Waals surface area contributed by atoms with E-state index in [2.05, 4.69) is 77.1 Å². The zero-order valence-corrected chi connectivity index (χ0v) is 28.4. The predicted molar refractivity (Wildman–Crippen MR) is 145 cm³/mol. The van der Waals surface area contributed by atoms with Crippen molar-refractivity contribution in [2.75, 3.05) is 19.6 Å². The smallest absolute Gasteiger partial charge is 0.346 e. The Morgan fingerprint density at radius 3 is 0.971 bits per heavy atom. The number of hydrogen-bond donors (Lipinski definition) is 1. The van der Waals surface area contributed by atoms with Gasteiger partial charge in [-0.3, -0.25) is 0 Å². The molecule has 0 aliphatic carbocycles. The van der Waals surface area contributed by atoms with E-state index in [0.717, 1.165) is 38.9 Å². The second-order valence-electron chi connectivity index (χ2n) is 14.4. The monoisotopic (exact) mass is 543 g/mol. The third kappa shape index (κ3) is 9.83. The Balaban J connectivity index is 0.000000873. The average molecular weight is 545 g/mol. The van der Waals surface area contributed by atoms with E-state index in [4.69, 9.17) is 21.1 Å². The summed E-state index contributed by atoms with van der Waals surface area (Å²) in [7, 11) is -1.58. The van der Waals surface area contributed by atoms with Crippen molar-refractivity contribution in [2.24, 2.45) is 16.2 Å². The molecule has 3 aliphatic heterocycles. The second-order valence-corrected chi connectivity index (χ2v) is 18.7. The van der Waals surface area contributed by atoms with Gasteiger partial charge >= 0.3 is 7.12 Å². The Hall–Kier alpha value is 0.625. The third-order valence-corrected chi connectivity index (χ3v) is 6.56. The molecule has 3 heterocycles. The summed E-state index contributed by atoms with van der Waals surface area (Å²) >= 11 is 0. The first-order valence-electron chi connectivity index (χ1n) is 12.9. The van der Waals surface area contributed by atoms with E-state index < -0.39 is 8.32 Å². The van der Waals surface area contributed by atoms with Crippen molar-refractivity contribution in [2.45, 2.75) is 119 Å². The quantitative estimate of drug-likeness (QED) is 0.442. The summed E-state index contributed by atoms with van der Waals surface area (Å²) < 4.78 is 0. The van der Waals surface area contributed by atoms with Gasteiger partial charge in [0, 0.05) is 19.5 Å². The summed E-state index contributed by atoms with van der Waals surface area (Å²) in [6.07, 6.45) is 3.35. The first kappa shape index (κ1) is 32.7. The Kier molecular flexibility index (Phi) is 11.5. The average Bonchev–Trinajstić information content (AvgIpc) is 3.33. The number of hydrogen-bond acceptors (Lipinski definition) is 4. The zero-order valence-electron chi connectivity index (χ0n) is 24.4. The van der Waals surface area contributed by atoms with Crippen molar-refractivity contribution < 1.29 is 24.3 Å². The molecule has 0 aromatic rings. The standard InChI is InChI=1S/C21H42BN6.C3H10OSi.Zn/c1-19(2,3)16-10-13-26(23-16)22(27-14-11-17(24-27)20(4,5)6)28-15-12-18(25-28)21(7,8)9;1-5(2,3)4;/h16-18H,10-15H2,1-9H3;4H,1-3H3;/q-3;;. The van der Waals surface area contributed by atoms with Gasteiger partial charge in [0.25, 0.3) is 0 Å². The molecule has 0 aromatic heterocycles. The van der Waals surface area contributed by atoms with Crippen LogP contribution < -0.4 is 0 Å². The molecule has 196 valence electrons. The van der Waals surface area contributed by atoms with Crippen LogP contribution in [0.25, 0.3) is 16.3 Å². The molecule has 3 atom stereocenters. The molecule has 0 aromatic carbocycles. The van der Waals surface area contributed by atoms with E-state index in [1.165, 1.54) is 0 Å². The topological polar surface area (TPSA) is 72.2 Å². The Labute approximate surface area is 225 Å². The molecule has 0 amide bonds. The van der Waals surface area contributed by atoms with E-state index in [9.17, 15) is 0 Å². The van der Waals surface area contributed by atoms with Crippen LogP contribution in [0.2, 0.25) is 19.6 Å². The van der Waals surface area contributed by atoms with Crippen LogP contribution in [-0.4, -0.2) is 72.8 Å². The fraction of sp³-hybridized carbons (Fsp3) is 1.00. The molecule has 0 radical (unpaired) electrons. The molecule has 7 nitrogen and oxygen atoms in total. The van der Waals surface area contributed by atoms with Crippen molar-refractivity contribution >= 4 is 15.4 Å². The SMILES string of the molecule is CC(C)(C)C1CCN(B(N2CCC(C(C)(C)C)[N-]2)N2CCC(C(C)(C)C)[N-]2)[N-]1.C[Si](C)(C)O.[Zn]. The first-order valence-corrected chi connectivity index (χ1v) is 16.4. The summed E-state index contributed by atoms with van der Waals surface area (Å²) in [5.74, 6) is 0. The zero-order chi connectivity index (χ0) is 25.4. The van der Waals surface area contributed by atoms with Crippen LogP contribution in [0.4, 0.5) is 0 Å². The van der Waals surface area contributed by atoms with Crippen molar-refractivity contribution in [1.82, 2.24) is 14.8 Å². The van der Waals surface area contributed by atoms with Gasteiger partial charge in [-0.05, 0) is 39.3 Å². The third-order valence-electron chi connectivity index (χ3n) is 6.56. The fourth-order valence-electron chi connectivity index (χ4n) is 4.45. The molecule has 3 saturated heterocycles. The molecule has 3 rings (SSSR count). The van der Waals surface area contributed by atoms with E-state index in [1.807, 2.05) is 19.6 Å². The van der Waals surface area contributed by atoms with Gasteiger partial charge in [0.05, 0.1) is 0 Å². The molecular formula is C24H52BN6OSiZn-3. The minimum Gasteiger partial charge on any atom is -0.601 e. The van der Waals surface area contributed by atoms with E-state index >= 15 is 0 Å². The number of nitrogens with zero attached hydrogens (tertiary/aromatic N) is 6. The van der Waals surface area contributed by atoms with Crippen molar-refractivity contribution in [3.05, 3.63) is 16.3 Å². The van der Waals surface area contributed by atoms with Crippen LogP contribution in [0.5, 0.6) is 0 Å². The van der Waals surface area contributed by atoms with Gasteiger partial charge in [0.1, 0.15) is 0 Å². The van der Waals surface area contributed by atoms with Crippen LogP contribution in [0.15, 0.2) is 0 Å². The molecule has 10 heteroatoms. The maximum absolute atomic E-state index is 8.66. The fourth-order valence-corrected chi connectivity index (χ4v) is 4.45. The Morgan fingerprint density at radius 2 is 0.824 bits per heavy atom. The summed E-state index contributed by atoms with van der Waals surface area (Å²) in [4.78, 5) is 15.5. The molecule has 0 bridgehead atoms. The van der Waals surface area contributed by atoms with Crippen molar-refractivity contribution in [3.8, 4) is 0 Å². The van der Waals surface area contributed by atoms with Crippen LogP contribution in [-0.2, 0) is 19.5 Å². The molecule has 0 saturated carbocycles. The predicted octanol–water partition coefficient (Wildman–Crippen LogP) is 6.01. The summed E-state index contributed by atoms with van der Waals surface area (Å²) in [6.45, 7) is 29.3. The minimum atomic E-state index is -1.61. The van der Waals surface area contributed by atoms with Crippen LogP contribution in [0.3, 0.4) is 0 Å². The van der Waals surface area contributed by atoms with E-state index in [0.29, 0.717) is 18.1 Å². The molecule has 3 unspecified atom stereocenters. The van der Waals surface area contributed by atoms with Gasteiger partial charge in [-0.15, -0.1) is 18.1 Å². The van der Waals surface area contributed by atoms with Crippen LogP contribution in [0.1, 0.15) is 81.6 Å². The molecule has 1 N–H and O–H groups in total. The van der Waals surface area contributed by atoms with Crippen LogP contribution in [0, 0.1) is 16.2 Å². The molecule has 3 aliphatic rings. The molecule has 34 heavy (non-hydrogen) atoms. The summed E-state index contributed by atoms with van der Waals surface area (Å²) in [5.41, 5.74) is 16.1. The van der Waals surface area contributed by atoms with E-state index in [1.54, 1.807) is 0 Å². The molecule has 3 fully saturated rings. The first-order chi connectivity index (χ1) is 14.8. The van der Waals surface area contributed by atoms with Gasteiger partial charge in [-0.25, -0.2) is 0 Å². The van der Waals surface area contributed by atoms with Gasteiger partial charge < -0.3 is 35.8 Å². The number of rotatable bonds is 3. The summed E-state index contributed by atoms with van der Waals surface area (Å²) in [5, 5.41) is 0. The van der Waals surface area contributed by atoms with Gasteiger partial charge in [-0.2, -0.15) is 0 Å². The minimum absolute atomic E-state index is 0. The Morgan fingerprint density at radius 1 is 0.618 bits per heavy atom. The second kappa shape index (κ2) is 12.0. The van der Waals surface area contributed by atoms with Gasteiger partial charge in [0.2, 0.25) is 0 Å². The van der Waals surface area contributed by atoms with Gasteiger partial charge in [0.15, 0.2) is 8.32 Å². The van der Waals surface area contributed by atoms with Crippen molar-refractivity contribution in [3.63, 3.8) is 0 Å². The van der Waals surface area contributed by atoms with Gasteiger partial charge in [-0.1, -0.05) is 97.8 Å². The van der Waals surface area contributed by atoms with Crippen molar-refractivity contribution in [1.29, 1.82) is 0 Å².